The molecule has 0 saturated heterocycles. The summed E-state index contributed by atoms with van der Waals surface area (Å²) in [6.07, 6.45) is 8.20. The van der Waals surface area contributed by atoms with Crippen LogP contribution in [0.3, 0.4) is 0 Å². The zero-order chi connectivity index (χ0) is 22.1. The monoisotopic (exact) mass is 401 g/mol. The van der Waals surface area contributed by atoms with Gasteiger partial charge >= 0.3 is 0 Å². The minimum Gasteiger partial charge on any atom is -0.264 e. The summed E-state index contributed by atoms with van der Waals surface area (Å²) in [7, 11) is 0. The molecule has 4 aromatic heterocycles. The average molecular weight is 402 g/mol. The molecule has 0 aromatic carbocycles. The molecule has 4 aromatic rings. The van der Waals surface area contributed by atoms with Crippen molar-refractivity contribution in [2.45, 2.75) is 54.9 Å². The van der Waals surface area contributed by atoms with Gasteiger partial charge in [0.05, 0.1) is 5.69 Å². The Morgan fingerprint density at radius 2 is 1.47 bits per heavy atom. The van der Waals surface area contributed by atoms with Crippen LogP contribution in [0.15, 0.2) is 49.2 Å². The van der Waals surface area contributed by atoms with Gasteiger partial charge in [-0.3, -0.25) is 15.0 Å². The number of aromatic nitrogens is 5. The molecule has 0 unspecified atom stereocenters. The molecule has 0 amide bonds. The number of hydrogen-bond donors (Lipinski definition) is 0. The molecule has 5 nitrogen and oxygen atoms in total. The third kappa shape index (κ3) is 5.89. The molecule has 0 N–H and O–H groups in total. The molecule has 0 aliphatic rings. The van der Waals surface area contributed by atoms with Crippen molar-refractivity contribution in [3.63, 3.8) is 0 Å². The lowest BCUT2D eigenvalue weighted by atomic mass is 10.0. The van der Waals surface area contributed by atoms with E-state index >= 15 is 0 Å². The first-order valence-electron chi connectivity index (χ1n) is 10.4. The number of hydrogen-bond acceptors (Lipinski definition) is 5. The molecular weight excluding hydrogens is 370 g/mol. The van der Waals surface area contributed by atoms with Gasteiger partial charge in [-0.05, 0) is 69.3 Å². The summed E-state index contributed by atoms with van der Waals surface area (Å²) in [5, 5.41) is 2.30. The van der Waals surface area contributed by atoms with Crippen molar-refractivity contribution in [3.05, 3.63) is 77.5 Å². The van der Waals surface area contributed by atoms with Crippen LogP contribution in [0.2, 0.25) is 0 Å². The molecule has 30 heavy (non-hydrogen) atoms. The maximum atomic E-state index is 4.73. The highest BCUT2D eigenvalue weighted by Crippen LogP contribution is 2.26. The zero-order valence-corrected chi connectivity index (χ0v) is 19.1. The van der Waals surface area contributed by atoms with Crippen LogP contribution in [0, 0.1) is 27.7 Å². The van der Waals surface area contributed by atoms with Gasteiger partial charge in [0.1, 0.15) is 6.33 Å². The fourth-order valence-electron chi connectivity index (χ4n) is 3.11. The second-order valence-corrected chi connectivity index (χ2v) is 6.83. The summed E-state index contributed by atoms with van der Waals surface area (Å²) < 4.78 is 0. The molecular formula is C25H31N5. The van der Waals surface area contributed by atoms with Crippen molar-refractivity contribution < 1.29 is 0 Å². The van der Waals surface area contributed by atoms with Gasteiger partial charge in [0, 0.05) is 52.3 Å². The van der Waals surface area contributed by atoms with Gasteiger partial charge in [0.25, 0.3) is 0 Å². The molecule has 5 heteroatoms. The predicted octanol–water partition coefficient (Wildman–Crippen LogP) is 5.99. The topological polar surface area (TPSA) is 64.5 Å². The highest BCUT2D eigenvalue weighted by Gasteiger charge is 2.09. The quantitative estimate of drug-likeness (QED) is 0.413. The van der Waals surface area contributed by atoms with E-state index in [1.54, 1.807) is 6.33 Å². The molecule has 4 rings (SSSR count). The Bertz CT molecular complexity index is 1090. The van der Waals surface area contributed by atoms with Crippen LogP contribution >= 0.6 is 0 Å². The van der Waals surface area contributed by atoms with Crippen LogP contribution in [0.1, 0.15) is 49.1 Å². The molecule has 0 spiro atoms. The molecule has 0 saturated carbocycles. The van der Waals surface area contributed by atoms with Crippen LogP contribution < -0.4 is 0 Å². The smallest absolute Gasteiger partial charge is 0.115 e. The van der Waals surface area contributed by atoms with Gasteiger partial charge < -0.3 is 0 Å². The zero-order valence-electron chi connectivity index (χ0n) is 19.1. The minimum atomic E-state index is 0.978. The first kappa shape index (κ1) is 23.1. The van der Waals surface area contributed by atoms with Crippen LogP contribution in [0.25, 0.3) is 22.0 Å². The molecule has 0 radical (unpaired) electrons. The number of nitrogens with zero attached hydrogens (tertiary/aromatic N) is 5. The Labute approximate surface area is 179 Å². The summed E-state index contributed by atoms with van der Waals surface area (Å²) in [6, 6.07) is 8.25. The van der Waals surface area contributed by atoms with E-state index in [2.05, 4.69) is 45.1 Å². The number of pyridine rings is 3. The number of aryl methyl sites for hydroxylation is 5. The summed E-state index contributed by atoms with van der Waals surface area (Å²) in [4.78, 5) is 21.2. The highest BCUT2D eigenvalue weighted by atomic mass is 14.8. The van der Waals surface area contributed by atoms with Crippen LogP contribution in [-0.2, 0) is 6.42 Å². The normalized spacial score (nSPS) is 9.97. The number of rotatable bonds is 2. The van der Waals surface area contributed by atoms with Gasteiger partial charge in [0.2, 0.25) is 0 Å². The third-order valence-electron chi connectivity index (χ3n) is 4.55. The van der Waals surface area contributed by atoms with Crippen molar-refractivity contribution in [2.24, 2.45) is 0 Å². The second-order valence-electron chi connectivity index (χ2n) is 6.83. The fraction of sp³-hybridized carbons (Fsp3) is 0.320. The Morgan fingerprint density at radius 3 is 2.07 bits per heavy atom. The maximum absolute atomic E-state index is 4.73. The summed E-state index contributed by atoms with van der Waals surface area (Å²) in [5.41, 5.74) is 7.47. The van der Waals surface area contributed by atoms with E-state index in [-0.39, 0.29) is 0 Å². The van der Waals surface area contributed by atoms with Gasteiger partial charge in [-0.15, -0.1) is 0 Å². The van der Waals surface area contributed by atoms with Gasteiger partial charge in [-0.25, -0.2) is 9.97 Å². The minimum absolute atomic E-state index is 0.978. The van der Waals surface area contributed by atoms with E-state index in [4.69, 9.17) is 4.98 Å². The van der Waals surface area contributed by atoms with E-state index in [0.29, 0.717) is 0 Å². The van der Waals surface area contributed by atoms with Gasteiger partial charge in [0.15, 0.2) is 0 Å². The summed E-state index contributed by atoms with van der Waals surface area (Å²) >= 11 is 0. The lowest BCUT2D eigenvalue weighted by molar-refractivity contribution is 1.05. The highest BCUT2D eigenvalue weighted by molar-refractivity contribution is 5.87. The van der Waals surface area contributed by atoms with E-state index in [1.807, 2.05) is 66.2 Å². The van der Waals surface area contributed by atoms with Crippen molar-refractivity contribution in [1.82, 2.24) is 24.9 Å². The average Bonchev–Trinajstić information content (AvgIpc) is 2.75. The molecule has 0 aliphatic carbocycles. The van der Waals surface area contributed by atoms with Crippen molar-refractivity contribution in [1.29, 1.82) is 0 Å². The van der Waals surface area contributed by atoms with Crippen molar-refractivity contribution >= 4 is 10.8 Å². The Kier molecular flexibility index (Phi) is 8.54. The van der Waals surface area contributed by atoms with Crippen LogP contribution in [0.4, 0.5) is 0 Å². The van der Waals surface area contributed by atoms with E-state index in [0.717, 1.165) is 45.8 Å². The predicted molar refractivity (Wildman–Crippen MR) is 124 cm³/mol. The third-order valence-corrected chi connectivity index (χ3v) is 4.55. The lowest BCUT2D eigenvalue weighted by Gasteiger charge is -2.10. The molecule has 0 fully saturated rings. The van der Waals surface area contributed by atoms with Gasteiger partial charge in [-0.2, -0.15) is 0 Å². The Hall–Kier alpha value is -3.21. The Morgan fingerprint density at radius 1 is 0.800 bits per heavy atom. The fourth-order valence-corrected chi connectivity index (χ4v) is 3.11. The first-order valence-corrected chi connectivity index (χ1v) is 10.4. The second kappa shape index (κ2) is 11.1. The molecule has 4 heterocycles. The summed E-state index contributed by atoms with van der Waals surface area (Å²) in [6.45, 7) is 14.1. The molecule has 0 aliphatic heterocycles. The molecule has 0 bridgehead atoms. The largest absolute Gasteiger partial charge is 0.264 e. The van der Waals surface area contributed by atoms with Crippen LogP contribution in [0.5, 0.6) is 0 Å². The van der Waals surface area contributed by atoms with E-state index in [1.165, 1.54) is 10.9 Å². The van der Waals surface area contributed by atoms with E-state index < -0.39 is 0 Å². The van der Waals surface area contributed by atoms with Gasteiger partial charge in [-0.1, -0.05) is 20.8 Å². The van der Waals surface area contributed by atoms with E-state index in [9.17, 15) is 0 Å². The first-order chi connectivity index (χ1) is 14.5. The van der Waals surface area contributed by atoms with Crippen molar-refractivity contribution in [2.75, 3.05) is 0 Å². The van der Waals surface area contributed by atoms with Crippen molar-refractivity contribution in [3.8, 4) is 11.3 Å². The Balaban J connectivity index is 0.000000269. The molecule has 0 atom stereocenters. The standard InChI is InChI=1S/C17H17N3.C6H8N2.C2H6/c1-4-13-5-6-18-9-16(13)17-8-14-7-11(2)19-10-15(14)12(3)20-17;1-5-3-6(2)8-4-7-5;1-2/h5-10H,4H2,1-3H3;3-4H,1-2H3;1-2H3. The lowest BCUT2D eigenvalue weighted by Crippen LogP contribution is -1.95. The van der Waals surface area contributed by atoms with Crippen LogP contribution in [-0.4, -0.2) is 24.9 Å². The number of fused-ring (bicyclic) bond motifs is 1. The SMILES string of the molecule is CC.CCc1ccncc1-c1cc2cc(C)ncc2c(C)n1.Cc1cc(C)ncn1. The summed E-state index contributed by atoms with van der Waals surface area (Å²) in [5.74, 6) is 0. The maximum Gasteiger partial charge on any atom is 0.115 e. The molecule has 156 valence electrons.